The molecule has 0 fully saturated rings. The highest BCUT2D eigenvalue weighted by molar-refractivity contribution is 5.73. The van der Waals surface area contributed by atoms with Crippen LogP contribution in [-0.4, -0.2) is 33.8 Å². The standard InChI is InChI=1S/C18H26N4O2/c1-14-7-3-4-8-16(14)17(23)13-21-18(24)20-9-5-6-11-22-12-10-19-15(22)2/h3-4,7-8,10,12,17,23H,5-6,9,11,13H2,1-2H3,(H2,20,21,24). The highest BCUT2D eigenvalue weighted by atomic mass is 16.3. The van der Waals surface area contributed by atoms with Gasteiger partial charge in [0.05, 0.1) is 6.10 Å². The first-order valence-corrected chi connectivity index (χ1v) is 8.31. The van der Waals surface area contributed by atoms with Crippen LogP contribution in [0.5, 0.6) is 0 Å². The number of aliphatic hydroxyl groups is 1. The summed E-state index contributed by atoms with van der Waals surface area (Å²) in [7, 11) is 0. The Bertz CT molecular complexity index is 654. The summed E-state index contributed by atoms with van der Waals surface area (Å²) in [6.45, 7) is 5.64. The van der Waals surface area contributed by atoms with Crippen LogP contribution in [-0.2, 0) is 6.54 Å². The number of aryl methyl sites for hydroxylation is 3. The third-order valence-electron chi connectivity index (χ3n) is 4.04. The summed E-state index contributed by atoms with van der Waals surface area (Å²) in [4.78, 5) is 15.9. The molecule has 130 valence electrons. The van der Waals surface area contributed by atoms with E-state index in [0.717, 1.165) is 36.3 Å². The highest BCUT2D eigenvalue weighted by Crippen LogP contribution is 2.16. The topological polar surface area (TPSA) is 79.2 Å². The van der Waals surface area contributed by atoms with E-state index in [2.05, 4.69) is 20.2 Å². The zero-order chi connectivity index (χ0) is 17.4. The van der Waals surface area contributed by atoms with Crippen molar-refractivity contribution in [2.24, 2.45) is 0 Å². The first-order valence-electron chi connectivity index (χ1n) is 8.31. The van der Waals surface area contributed by atoms with E-state index in [1.807, 2.05) is 44.3 Å². The van der Waals surface area contributed by atoms with Gasteiger partial charge < -0.3 is 20.3 Å². The van der Waals surface area contributed by atoms with Crippen molar-refractivity contribution in [3.05, 3.63) is 53.6 Å². The van der Waals surface area contributed by atoms with Gasteiger partial charge in [-0.3, -0.25) is 0 Å². The van der Waals surface area contributed by atoms with Gasteiger partial charge in [-0.25, -0.2) is 9.78 Å². The lowest BCUT2D eigenvalue weighted by Crippen LogP contribution is -2.38. The number of rotatable bonds is 8. The fourth-order valence-electron chi connectivity index (χ4n) is 2.57. The van der Waals surface area contributed by atoms with Crippen molar-refractivity contribution in [3.63, 3.8) is 0 Å². The van der Waals surface area contributed by atoms with Gasteiger partial charge >= 0.3 is 6.03 Å². The number of aliphatic hydroxyl groups excluding tert-OH is 1. The molecule has 0 spiro atoms. The normalized spacial score (nSPS) is 12.0. The Morgan fingerprint density at radius 3 is 2.75 bits per heavy atom. The average molecular weight is 330 g/mol. The van der Waals surface area contributed by atoms with Crippen LogP contribution in [0.1, 0.15) is 35.9 Å². The number of hydrogen-bond donors (Lipinski definition) is 3. The minimum absolute atomic E-state index is 0.199. The summed E-state index contributed by atoms with van der Waals surface area (Å²) in [6, 6.07) is 7.38. The Hall–Kier alpha value is -2.34. The first kappa shape index (κ1) is 18.0. The Labute approximate surface area is 142 Å². The molecule has 2 aromatic rings. The molecule has 6 nitrogen and oxygen atoms in total. The van der Waals surface area contributed by atoms with Crippen LogP contribution in [0.4, 0.5) is 4.79 Å². The Morgan fingerprint density at radius 1 is 1.25 bits per heavy atom. The van der Waals surface area contributed by atoms with Crippen molar-refractivity contribution in [1.29, 1.82) is 0 Å². The molecular formula is C18H26N4O2. The minimum Gasteiger partial charge on any atom is -0.387 e. The molecule has 0 radical (unpaired) electrons. The Kier molecular flexibility index (Phi) is 6.81. The van der Waals surface area contributed by atoms with E-state index in [1.54, 1.807) is 6.20 Å². The molecule has 1 atom stereocenters. The van der Waals surface area contributed by atoms with Crippen molar-refractivity contribution in [2.75, 3.05) is 13.1 Å². The zero-order valence-corrected chi connectivity index (χ0v) is 14.3. The number of amides is 2. The molecule has 1 aromatic carbocycles. The van der Waals surface area contributed by atoms with Gasteiger partial charge in [-0.2, -0.15) is 0 Å². The van der Waals surface area contributed by atoms with Crippen molar-refractivity contribution in [3.8, 4) is 0 Å². The van der Waals surface area contributed by atoms with E-state index in [0.29, 0.717) is 6.54 Å². The second-order valence-electron chi connectivity index (χ2n) is 5.88. The van der Waals surface area contributed by atoms with Crippen molar-refractivity contribution < 1.29 is 9.90 Å². The number of aromatic nitrogens is 2. The average Bonchev–Trinajstić information content (AvgIpc) is 2.98. The van der Waals surface area contributed by atoms with Gasteiger partial charge in [-0.1, -0.05) is 24.3 Å². The van der Waals surface area contributed by atoms with E-state index in [1.165, 1.54) is 0 Å². The molecular weight excluding hydrogens is 304 g/mol. The Balaban J connectivity index is 1.60. The van der Waals surface area contributed by atoms with Crippen molar-refractivity contribution in [1.82, 2.24) is 20.2 Å². The second-order valence-corrected chi connectivity index (χ2v) is 5.88. The largest absolute Gasteiger partial charge is 0.387 e. The van der Waals surface area contributed by atoms with Gasteiger partial charge in [-0.05, 0) is 37.8 Å². The second kappa shape index (κ2) is 9.08. The van der Waals surface area contributed by atoms with E-state index >= 15 is 0 Å². The van der Waals surface area contributed by atoms with Crippen LogP contribution in [0.25, 0.3) is 0 Å². The molecule has 2 amide bonds. The Morgan fingerprint density at radius 2 is 2.04 bits per heavy atom. The molecule has 1 unspecified atom stereocenters. The zero-order valence-electron chi connectivity index (χ0n) is 14.3. The van der Waals surface area contributed by atoms with Gasteiger partial charge in [0.1, 0.15) is 5.82 Å². The number of carbonyl (C=O) groups excluding carboxylic acids is 1. The van der Waals surface area contributed by atoms with Crippen LogP contribution in [0, 0.1) is 13.8 Å². The van der Waals surface area contributed by atoms with Gasteiger partial charge in [0.25, 0.3) is 0 Å². The van der Waals surface area contributed by atoms with E-state index in [9.17, 15) is 9.90 Å². The summed E-state index contributed by atoms with van der Waals surface area (Å²) in [5, 5.41) is 15.7. The van der Waals surface area contributed by atoms with Gasteiger partial charge in [0.15, 0.2) is 0 Å². The molecule has 1 heterocycles. The van der Waals surface area contributed by atoms with Gasteiger partial charge in [0.2, 0.25) is 0 Å². The molecule has 0 aliphatic carbocycles. The summed E-state index contributed by atoms with van der Waals surface area (Å²) in [5.74, 6) is 1.01. The molecule has 3 N–H and O–H groups in total. The predicted molar refractivity (Wildman–Crippen MR) is 93.7 cm³/mol. The van der Waals surface area contributed by atoms with E-state index < -0.39 is 6.10 Å². The third-order valence-corrected chi connectivity index (χ3v) is 4.04. The molecule has 2 rings (SSSR count). The SMILES string of the molecule is Cc1ccccc1C(O)CNC(=O)NCCCCn1ccnc1C. The molecule has 0 saturated carbocycles. The summed E-state index contributed by atoms with van der Waals surface area (Å²) >= 11 is 0. The lowest BCUT2D eigenvalue weighted by molar-refractivity contribution is 0.172. The van der Waals surface area contributed by atoms with Crippen LogP contribution >= 0.6 is 0 Å². The molecule has 6 heteroatoms. The fraction of sp³-hybridized carbons (Fsp3) is 0.444. The summed E-state index contributed by atoms with van der Waals surface area (Å²) in [6.07, 6.45) is 4.93. The maximum atomic E-state index is 11.8. The van der Waals surface area contributed by atoms with Crippen molar-refractivity contribution >= 4 is 6.03 Å². The number of nitrogens with zero attached hydrogens (tertiary/aromatic N) is 2. The lowest BCUT2D eigenvalue weighted by atomic mass is 10.0. The summed E-state index contributed by atoms with van der Waals surface area (Å²) < 4.78 is 2.10. The molecule has 1 aromatic heterocycles. The quantitative estimate of drug-likeness (QED) is 0.650. The molecule has 0 aliphatic rings. The maximum absolute atomic E-state index is 11.8. The first-order chi connectivity index (χ1) is 11.6. The minimum atomic E-state index is -0.693. The number of urea groups is 1. The number of unbranched alkanes of at least 4 members (excludes halogenated alkanes) is 1. The summed E-state index contributed by atoms with van der Waals surface area (Å²) in [5.41, 5.74) is 1.86. The predicted octanol–water partition coefficient (Wildman–Crippen LogP) is 2.31. The van der Waals surface area contributed by atoms with Crippen LogP contribution in [0.15, 0.2) is 36.7 Å². The molecule has 0 bridgehead atoms. The van der Waals surface area contributed by atoms with E-state index in [4.69, 9.17) is 0 Å². The van der Waals surface area contributed by atoms with Crippen molar-refractivity contribution in [2.45, 2.75) is 39.3 Å². The molecule has 24 heavy (non-hydrogen) atoms. The smallest absolute Gasteiger partial charge is 0.314 e. The maximum Gasteiger partial charge on any atom is 0.314 e. The van der Waals surface area contributed by atoms with Crippen LogP contribution in [0.3, 0.4) is 0 Å². The van der Waals surface area contributed by atoms with Gasteiger partial charge in [-0.15, -0.1) is 0 Å². The number of hydrogen-bond acceptors (Lipinski definition) is 3. The van der Waals surface area contributed by atoms with E-state index in [-0.39, 0.29) is 12.6 Å². The number of imidazole rings is 1. The fourth-order valence-corrected chi connectivity index (χ4v) is 2.57. The number of carbonyl (C=O) groups is 1. The van der Waals surface area contributed by atoms with Gasteiger partial charge in [0, 0.05) is 32.0 Å². The number of nitrogens with one attached hydrogen (secondary N) is 2. The third kappa shape index (κ3) is 5.38. The van der Waals surface area contributed by atoms with Crippen LogP contribution < -0.4 is 10.6 Å². The number of benzene rings is 1. The lowest BCUT2D eigenvalue weighted by Gasteiger charge is -2.15. The van der Waals surface area contributed by atoms with Crippen LogP contribution in [0.2, 0.25) is 0 Å². The molecule has 0 saturated heterocycles. The monoisotopic (exact) mass is 330 g/mol. The molecule has 0 aliphatic heterocycles. The highest BCUT2D eigenvalue weighted by Gasteiger charge is 2.11.